The third-order valence-electron chi connectivity index (χ3n) is 6.06. The van der Waals surface area contributed by atoms with E-state index in [0.717, 1.165) is 15.7 Å². The molecule has 0 spiro atoms. The van der Waals surface area contributed by atoms with Gasteiger partial charge in [-0.2, -0.15) is 0 Å². The number of benzene rings is 1. The zero-order valence-electron chi connectivity index (χ0n) is 18.5. The predicted molar refractivity (Wildman–Crippen MR) is 120 cm³/mol. The minimum absolute atomic E-state index is 0.215. The van der Waals surface area contributed by atoms with Crippen LogP contribution in [0.5, 0.6) is 0 Å². The average molecular weight is 490 g/mol. The molecule has 6 nitrogen and oxygen atoms in total. The Morgan fingerprint density at radius 3 is 2.58 bits per heavy atom. The third-order valence-corrected chi connectivity index (χ3v) is 6.78. The summed E-state index contributed by atoms with van der Waals surface area (Å²) in [5, 5.41) is 3.27. The molecule has 4 atom stereocenters. The molecule has 1 aliphatic carbocycles. The van der Waals surface area contributed by atoms with E-state index in [4.69, 9.17) is 9.47 Å². The smallest absolute Gasteiger partial charge is 0.337 e. The van der Waals surface area contributed by atoms with Crippen LogP contribution in [0.3, 0.4) is 0 Å². The van der Waals surface area contributed by atoms with Gasteiger partial charge in [-0.1, -0.05) is 48.0 Å². The molecule has 0 saturated heterocycles. The van der Waals surface area contributed by atoms with Crippen LogP contribution in [0.1, 0.15) is 52.0 Å². The molecule has 1 N–H and O–H groups in total. The van der Waals surface area contributed by atoms with E-state index >= 15 is 0 Å². The van der Waals surface area contributed by atoms with Crippen molar-refractivity contribution in [3.63, 3.8) is 0 Å². The number of carbonyl (C=O) groups is 3. The number of halogens is 1. The first-order valence-electron chi connectivity index (χ1n) is 10.5. The van der Waals surface area contributed by atoms with E-state index < -0.39 is 23.8 Å². The second-order valence-corrected chi connectivity index (χ2v) is 9.04. The summed E-state index contributed by atoms with van der Waals surface area (Å²) < 4.78 is 11.4. The minimum atomic E-state index is -0.902. The normalized spacial score (nSPS) is 24.3. The van der Waals surface area contributed by atoms with Crippen LogP contribution in [0.25, 0.3) is 0 Å². The molecule has 0 aromatic heterocycles. The molecule has 1 aromatic carbocycles. The van der Waals surface area contributed by atoms with E-state index in [1.807, 2.05) is 52.0 Å². The molecule has 1 aliphatic heterocycles. The van der Waals surface area contributed by atoms with Crippen LogP contribution in [0.15, 0.2) is 51.3 Å². The molecule has 0 unspecified atom stereocenters. The van der Waals surface area contributed by atoms with Gasteiger partial charge >= 0.3 is 11.9 Å². The lowest BCUT2D eigenvalue weighted by atomic mass is 9.69. The molecule has 7 heteroatoms. The van der Waals surface area contributed by atoms with Gasteiger partial charge in [-0.25, -0.2) is 4.79 Å². The number of rotatable bonds is 5. The summed E-state index contributed by atoms with van der Waals surface area (Å²) in [5.41, 5.74) is 3.00. The number of nitrogens with one attached hydrogen (secondary N) is 1. The highest BCUT2D eigenvalue weighted by molar-refractivity contribution is 9.10. The van der Waals surface area contributed by atoms with Crippen LogP contribution in [-0.4, -0.2) is 30.9 Å². The minimum Gasteiger partial charge on any atom is -0.468 e. The molecule has 1 aromatic rings. The van der Waals surface area contributed by atoms with Crippen molar-refractivity contribution in [2.45, 2.75) is 52.6 Å². The van der Waals surface area contributed by atoms with E-state index in [-0.39, 0.29) is 17.8 Å². The highest BCUT2D eigenvalue weighted by Gasteiger charge is 2.47. The molecule has 2 aliphatic rings. The summed E-state index contributed by atoms with van der Waals surface area (Å²) in [7, 11) is 1.29. The molecule has 31 heavy (non-hydrogen) atoms. The largest absolute Gasteiger partial charge is 0.468 e. The SMILES string of the molecule is CC[C@H](C)OC(=O)C1=C(C)NC2=C(C(=O)[C@@H](C(=O)OC)[C@@H](C)C2)[C@@H]1c1ccccc1Br. The Morgan fingerprint density at radius 2 is 1.97 bits per heavy atom. The number of hydrogen-bond acceptors (Lipinski definition) is 6. The number of methoxy groups -OCH3 is 1. The highest BCUT2D eigenvalue weighted by atomic mass is 79.9. The second-order valence-electron chi connectivity index (χ2n) is 8.18. The standard InChI is InChI=1S/C24H28BrNO5/c1-6-13(3)31-24(29)19-14(4)26-17-11-12(2)18(23(28)30-5)22(27)21(17)20(19)15-9-7-8-10-16(15)25/h7-10,12-13,18,20,26H,6,11H2,1-5H3/t12-,13-,18-,20+/m0/s1. The van der Waals surface area contributed by atoms with Crippen LogP contribution in [-0.2, 0) is 23.9 Å². The van der Waals surface area contributed by atoms with Gasteiger partial charge in [0.15, 0.2) is 5.78 Å². The van der Waals surface area contributed by atoms with E-state index in [1.165, 1.54) is 7.11 Å². The van der Waals surface area contributed by atoms with E-state index in [9.17, 15) is 14.4 Å². The van der Waals surface area contributed by atoms with Gasteiger partial charge in [-0.05, 0) is 44.2 Å². The fourth-order valence-electron chi connectivity index (χ4n) is 4.30. The number of carbonyl (C=O) groups excluding carboxylic acids is 3. The van der Waals surface area contributed by atoms with Gasteiger partial charge in [0.1, 0.15) is 5.92 Å². The number of allylic oxidation sites excluding steroid dienone is 3. The molecule has 0 fully saturated rings. The Bertz CT molecular complexity index is 980. The number of dihydropyridines is 1. The molecule has 0 radical (unpaired) electrons. The maximum atomic E-state index is 13.6. The quantitative estimate of drug-likeness (QED) is 0.487. The highest BCUT2D eigenvalue weighted by Crippen LogP contribution is 2.47. The van der Waals surface area contributed by atoms with Crippen molar-refractivity contribution >= 4 is 33.7 Å². The van der Waals surface area contributed by atoms with Gasteiger partial charge in [-0.15, -0.1) is 0 Å². The number of esters is 2. The number of ether oxygens (including phenoxy) is 2. The first kappa shape index (κ1) is 23.3. The summed E-state index contributed by atoms with van der Waals surface area (Å²) >= 11 is 3.58. The Kier molecular flexibility index (Phi) is 7.04. The van der Waals surface area contributed by atoms with E-state index in [1.54, 1.807) is 0 Å². The van der Waals surface area contributed by atoms with Crippen molar-refractivity contribution in [2.24, 2.45) is 11.8 Å². The molecular weight excluding hydrogens is 462 g/mol. The van der Waals surface area contributed by atoms with Gasteiger partial charge < -0.3 is 14.8 Å². The van der Waals surface area contributed by atoms with Crippen molar-refractivity contribution < 1.29 is 23.9 Å². The summed E-state index contributed by atoms with van der Waals surface area (Å²) in [6, 6.07) is 7.49. The Balaban J connectivity index is 2.18. The van der Waals surface area contributed by atoms with Gasteiger partial charge in [0, 0.05) is 27.4 Å². The summed E-state index contributed by atoms with van der Waals surface area (Å²) in [6.07, 6.45) is 0.931. The Labute approximate surface area is 191 Å². The van der Waals surface area contributed by atoms with Crippen LogP contribution >= 0.6 is 15.9 Å². The van der Waals surface area contributed by atoms with Gasteiger partial charge in [0.05, 0.1) is 18.8 Å². The van der Waals surface area contributed by atoms with E-state index in [2.05, 4.69) is 21.2 Å². The average Bonchev–Trinajstić information content (AvgIpc) is 2.72. The van der Waals surface area contributed by atoms with E-state index in [0.29, 0.717) is 29.7 Å². The molecule has 0 bridgehead atoms. The van der Waals surface area contributed by atoms with Gasteiger partial charge in [0.25, 0.3) is 0 Å². The molecule has 0 amide bonds. The fraction of sp³-hybridized carbons (Fsp3) is 0.458. The first-order chi connectivity index (χ1) is 14.7. The second kappa shape index (κ2) is 9.39. The van der Waals surface area contributed by atoms with Crippen molar-refractivity contribution in [1.82, 2.24) is 5.32 Å². The molecule has 3 rings (SSSR count). The number of hydrogen-bond donors (Lipinski definition) is 1. The Morgan fingerprint density at radius 1 is 1.29 bits per heavy atom. The van der Waals surface area contributed by atoms with Gasteiger partial charge in [-0.3, -0.25) is 9.59 Å². The fourth-order valence-corrected chi connectivity index (χ4v) is 4.81. The summed E-state index contributed by atoms with van der Waals surface area (Å²) in [5.74, 6) is -3.09. The van der Waals surface area contributed by atoms with Crippen LogP contribution in [0, 0.1) is 11.8 Å². The maximum Gasteiger partial charge on any atom is 0.337 e. The van der Waals surface area contributed by atoms with Crippen LogP contribution < -0.4 is 5.32 Å². The molecule has 1 heterocycles. The summed E-state index contributed by atoms with van der Waals surface area (Å²) in [4.78, 5) is 39.3. The lowest BCUT2D eigenvalue weighted by Gasteiger charge is -2.38. The lowest BCUT2D eigenvalue weighted by molar-refractivity contribution is -0.151. The van der Waals surface area contributed by atoms with Crippen molar-refractivity contribution in [2.75, 3.05) is 7.11 Å². The number of Topliss-reactive ketones (excluding diaryl/α,β-unsaturated/α-hetero) is 1. The first-order valence-corrected chi connectivity index (χ1v) is 11.3. The van der Waals surface area contributed by atoms with Crippen molar-refractivity contribution in [3.8, 4) is 0 Å². The van der Waals surface area contributed by atoms with Crippen LogP contribution in [0.4, 0.5) is 0 Å². The third kappa shape index (κ3) is 4.33. The zero-order valence-corrected chi connectivity index (χ0v) is 20.0. The topological polar surface area (TPSA) is 81.7 Å². The maximum absolute atomic E-state index is 13.6. The number of ketones is 1. The molecular formula is C24H28BrNO5. The molecule has 0 saturated carbocycles. The predicted octanol–water partition coefficient (Wildman–Crippen LogP) is 4.40. The lowest BCUT2D eigenvalue weighted by Crippen LogP contribution is -2.43. The van der Waals surface area contributed by atoms with Gasteiger partial charge in [0.2, 0.25) is 0 Å². The monoisotopic (exact) mass is 489 g/mol. The van der Waals surface area contributed by atoms with Crippen molar-refractivity contribution in [3.05, 3.63) is 56.8 Å². The van der Waals surface area contributed by atoms with Crippen molar-refractivity contribution in [1.29, 1.82) is 0 Å². The summed E-state index contributed by atoms with van der Waals surface area (Å²) in [6.45, 7) is 7.46. The zero-order chi connectivity index (χ0) is 22.9. The van der Waals surface area contributed by atoms with Crippen LogP contribution in [0.2, 0.25) is 0 Å². The Hall–Kier alpha value is -2.41. The molecule has 166 valence electrons.